The highest BCUT2D eigenvalue weighted by molar-refractivity contribution is 6.12. The van der Waals surface area contributed by atoms with Gasteiger partial charge in [-0.05, 0) is 43.9 Å². The molecular formula is C19H24N6O2. The van der Waals surface area contributed by atoms with Crippen LogP contribution < -0.4 is 15.6 Å². The Morgan fingerprint density at radius 1 is 0.889 bits per heavy atom. The SMILES string of the molecule is N/N=C(\c1ccc(O)c(O)c1)c1cc(N2CCCC2)nc(N2CCCC2)n1. The van der Waals surface area contributed by atoms with Crippen LogP contribution in [0.25, 0.3) is 0 Å². The molecule has 0 atom stereocenters. The van der Waals surface area contributed by atoms with E-state index in [2.05, 4.69) is 14.9 Å². The Bertz CT molecular complexity index is 823. The fourth-order valence-electron chi connectivity index (χ4n) is 3.67. The van der Waals surface area contributed by atoms with Crippen molar-refractivity contribution >= 4 is 17.5 Å². The summed E-state index contributed by atoms with van der Waals surface area (Å²) in [5.41, 5.74) is 1.65. The van der Waals surface area contributed by atoms with Gasteiger partial charge >= 0.3 is 0 Å². The lowest BCUT2D eigenvalue weighted by molar-refractivity contribution is 0.403. The van der Waals surface area contributed by atoms with Crippen molar-refractivity contribution in [2.75, 3.05) is 36.0 Å². The first-order valence-electron chi connectivity index (χ1n) is 9.35. The van der Waals surface area contributed by atoms with Gasteiger partial charge in [-0.25, -0.2) is 4.98 Å². The molecule has 4 rings (SSSR count). The highest BCUT2D eigenvalue weighted by Gasteiger charge is 2.22. The number of phenols is 2. The first kappa shape index (κ1) is 17.4. The number of anilines is 2. The van der Waals surface area contributed by atoms with Crippen molar-refractivity contribution in [2.24, 2.45) is 10.9 Å². The Morgan fingerprint density at radius 2 is 1.56 bits per heavy atom. The van der Waals surface area contributed by atoms with Crippen LogP contribution in [0, 0.1) is 0 Å². The summed E-state index contributed by atoms with van der Waals surface area (Å²) in [6.07, 6.45) is 4.58. The molecule has 2 aliphatic rings. The second-order valence-electron chi connectivity index (χ2n) is 6.98. The average molecular weight is 368 g/mol. The van der Waals surface area contributed by atoms with Gasteiger partial charge in [-0.1, -0.05) is 0 Å². The topological polar surface area (TPSA) is 111 Å². The Hall–Kier alpha value is -3.03. The highest BCUT2D eigenvalue weighted by atomic mass is 16.3. The van der Waals surface area contributed by atoms with Crippen molar-refractivity contribution in [3.8, 4) is 11.5 Å². The second-order valence-corrected chi connectivity index (χ2v) is 6.98. The molecule has 27 heavy (non-hydrogen) atoms. The predicted molar refractivity (Wildman–Crippen MR) is 105 cm³/mol. The van der Waals surface area contributed by atoms with Crippen LogP contribution in [0.1, 0.15) is 36.9 Å². The van der Waals surface area contributed by atoms with E-state index in [4.69, 9.17) is 15.8 Å². The lowest BCUT2D eigenvalue weighted by atomic mass is 10.1. The van der Waals surface area contributed by atoms with Gasteiger partial charge < -0.3 is 25.9 Å². The minimum Gasteiger partial charge on any atom is -0.504 e. The lowest BCUT2D eigenvalue weighted by Gasteiger charge is -2.22. The van der Waals surface area contributed by atoms with Crippen molar-refractivity contribution in [1.29, 1.82) is 0 Å². The third-order valence-corrected chi connectivity index (χ3v) is 5.14. The molecule has 8 nitrogen and oxygen atoms in total. The number of nitrogens with zero attached hydrogens (tertiary/aromatic N) is 5. The minimum atomic E-state index is -0.220. The van der Waals surface area contributed by atoms with Gasteiger partial charge in [0.1, 0.15) is 11.5 Å². The van der Waals surface area contributed by atoms with Gasteiger partial charge in [0.2, 0.25) is 5.95 Å². The fraction of sp³-hybridized carbons (Fsp3) is 0.421. The summed E-state index contributed by atoms with van der Waals surface area (Å²) in [6.45, 7) is 3.84. The molecule has 0 bridgehead atoms. The molecular weight excluding hydrogens is 344 g/mol. The lowest BCUT2D eigenvalue weighted by Crippen LogP contribution is -2.25. The summed E-state index contributed by atoms with van der Waals surface area (Å²) < 4.78 is 0. The normalized spacial score (nSPS) is 17.7. The van der Waals surface area contributed by atoms with Crippen LogP contribution in [0.15, 0.2) is 29.4 Å². The Balaban J connectivity index is 1.78. The first-order chi connectivity index (χ1) is 13.2. The fourth-order valence-corrected chi connectivity index (χ4v) is 3.67. The number of hydrogen-bond donors (Lipinski definition) is 3. The molecule has 0 aliphatic carbocycles. The maximum Gasteiger partial charge on any atom is 0.227 e. The maximum atomic E-state index is 9.85. The van der Waals surface area contributed by atoms with E-state index in [9.17, 15) is 10.2 Å². The van der Waals surface area contributed by atoms with Gasteiger partial charge in [0.15, 0.2) is 11.5 Å². The molecule has 142 valence electrons. The zero-order chi connectivity index (χ0) is 18.8. The molecule has 0 radical (unpaired) electrons. The van der Waals surface area contributed by atoms with E-state index in [1.54, 1.807) is 6.07 Å². The molecule has 0 spiro atoms. The molecule has 3 heterocycles. The molecule has 0 unspecified atom stereocenters. The van der Waals surface area contributed by atoms with Crippen molar-refractivity contribution in [2.45, 2.75) is 25.7 Å². The van der Waals surface area contributed by atoms with E-state index < -0.39 is 0 Å². The number of phenolic OH excluding ortho intramolecular Hbond substituents is 2. The Labute approximate surface area is 158 Å². The quantitative estimate of drug-likeness (QED) is 0.326. The van der Waals surface area contributed by atoms with Crippen LogP contribution in [-0.4, -0.2) is 52.1 Å². The van der Waals surface area contributed by atoms with Crippen LogP contribution in [-0.2, 0) is 0 Å². The zero-order valence-corrected chi connectivity index (χ0v) is 15.2. The third-order valence-electron chi connectivity index (χ3n) is 5.14. The van der Waals surface area contributed by atoms with Crippen molar-refractivity contribution < 1.29 is 10.2 Å². The molecule has 1 aromatic heterocycles. The number of nitrogens with two attached hydrogens (primary N) is 1. The van der Waals surface area contributed by atoms with E-state index in [0.29, 0.717) is 22.9 Å². The maximum absolute atomic E-state index is 9.85. The molecule has 2 aromatic rings. The molecule has 0 saturated carbocycles. The number of hydrazone groups is 1. The number of aromatic hydroxyl groups is 2. The Kier molecular flexibility index (Phi) is 4.70. The van der Waals surface area contributed by atoms with E-state index >= 15 is 0 Å². The van der Waals surface area contributed by atoms with Gasteiger partial charge in [-0.2, -0.15) is 10.1 Å². The number of hydrogen-bond acceptors (Lipinski definition) is 8. The molecule has 2 saturated heterocycles. The van der Waals surface area contributed by atoms with Crippen LogP contribution in [0.4, 0.5) is 11.8 Å². The van der Waals surface area contributed by atoms with E-state index in [0.717, 1.165) is 57.7 Å². The van der Waals surface area contributed by atoms with Crippen LogP contribution in [0.5, 0.6) is 11.5 Å². The van der Waals surface area contributed by atoms with Gasteiger partial charge in [-0.15, -0.1) is 0 Å². The smallest absolute Gasteiger partial charge is 0.227 e. The third kappa shape index (κ3) is 3.47. The monoisotopic (exact) mass is 368 g/mol. The van der Waals surface area contributed by atoms with Crippen molar-refractivity contribution in [1.82, 2.24) is 9.97 Å². The number of benzene rings is 1. The summed E-state index contributed by atoms with van der Waals surface area (Å²) in [7, 11) is 0. The Morgan fingerprint density at radius 3 is 2.19 bits per heavy atom. The molecule has 8 heteroatoms. The van der Waals surface area contributed by atoms with Gasteiger partial charge in [0.25, 0.3) is 0 Å². The standard InChI is InChI=1S/C19H24N6O2/c20-23-18(13-5-6-15(26)16(27)11-13)14-12-17(24-7-1-2-8-24)22-19(21-14)25-9-3-4-10-25/h5-6,11-12,26-27H,1-4,7-10,20H2/b23-18+. The predicted octanol–water partition coefficient (Wildman–Crippen LogP) is 1.80. The van der Waals surface area contributed by atoms with Crippen LogP contribution in [0.3, 0.4) is 0 Å². The van der Waals surface area contributed by atoms with Gasteiger partial charge in [0, 0.05) is 37.8 Å². The van der Waals surface area contributed by atoms with Gasteiger partial charge in [0.05, 0.1) is 5.69 Å². The van der Waals surface area contributed by atoms with Crippen molar-refractivity contribution in [3.63, 3.8) is 0 Å². The van der Waals surface area contributed by atoms with Crippen LogP contribution in [0.2, 0.25) is 0 Å². The minimum absolute atomic E-state index is 0.187. The second kappa shape index (κ2) is 7.30. The summed E-state index contributed by atoms with van der Waals surface area (Å²) >= 11 is 0. The molecule has 0 amide bonds. The summed E-state index contributed by atoms with van der Waals surface area (Å²) in [4.78, 5) is 14.0. The zero-order valence-electron chi connectivity index (χ0n) is 15.2. The van der Waals surface area contributed by atoms with E-state index in [-0.39, 0.29) is 11.5 Å². The van der Waals surface area contributed by atoms with Crippen LogP contribution >= 0.6 is 0 Å². The highest BCUT2D eigenvalue weighted by Crippen LogP contribution is 2.28. The molecule has 4 N–H and O–H groups in total. The summed E-state index contributed by atoms with van der Waals surface area (Å²) in [6, 6.07) is 6.42. The van der Waals surface area contributed by atoms with E-state index in [1.807, 2.05) is 6.07 Å². The number of aromatic nitrogens is 2. The molecule has 2 fully saturated rings. The van der Waals surface area contributed by atoms with Gasteiger partial charge in [-0.3, -0.25) is 0 Å². The first-order valence-corrected chi connectivity index (χ1v) is 9.35. The average Bonchev–Trinajstić information content (AvgIpc) is 3.39. The molecule has 1 aromatic carbocycles. The van der Waals surface area contributed by atoms with E-state index in [1.165, 1.54) is 12.1 Å². The largest absolute Gasteiger partial charge is 0.504 e. The molecule has 2 aliphatic heterocycles. The number of rotatable bonds is 4. The van der Waals surface area contributed by atoms with Crippen molar-refractivity contribution in [3.05, 3.63) is 35.5 Å². The summed E-state index contributed by atoms with van der Waals surface area (Å²) in [5, 5.41) is 23.4. The summed E-state index contributed by atoms with van der Waals surface area (Å²) in [5.74, 6) is 6.85.